The Bertz CT molecular complexity index is 945. The highest BCUT2D eigenvalue weighted by Gasteiger charge is 1.98. The third-order valence-corrected chi connectivity index (χ3v) is 4.50. The van der Waals surface area contributed by atoms with Crippen LogP contribution < -0.4 is 0 Å². The van der Waals surface area contributed by atoms with Crippen LogP contribution >= 0.6 is 0 Å². The predicted molar refractivity (Wildman–Crippen MR) is 129 cm³/mol. The van der Waals surface area contributed by atoms with Crippen LogP contribution in [0.3, 0.4) is 0 Å². The Morgan fingerprint density at radius 3 is 1.87 bits per heavy atom. The fourth-order valence-corrected chi connectivity index (χ4v) is 2.93. The van der Waals surface area contributed by atoms with E-state index < -0.39 is 0 Å². The Balaban J connectivity index is 0.000000199. The zero-order chi connectivity index (χ0) is 21.6. The van der Waals surface area contributed by atoms with E-state index in [-0.39, 0.29) is 0 Å². The molecule has 30 heavy (non-hydrogen) atoms. The normalized spacial score (nSPS) is 9.60. The summed E-state index contributed by atoms with van der Waals surface area (Å²) in [6, 6.07) is 27.1. The van der Waals surface area contributed by atoms with Crippen molar-refractivity contribution < 1.29 is 0 Å². The Kier molecular flexibility index (Phi) is 10.0. The van der Waals surface area contributed by atoms with Gasteiger partial charge in [-0.3, -0.25) is 9.97 Å². The van der Waals surface area contributed by atoms with Gasteiger partial charge in [0, 0.05) is 24.2 Å². The second-order valence-electron chi connectivity index (χ2n) is 6.77. The van der Waals surface area contributed by atoms with E-state index in [0.717, 1.165) is 12.1 Å². The van der Waals surface area contributed by atoms with Gasteiger partial charge in [0.25, 0.3) is 0 Å². The van der Waals surface area contributed by atoms with Gasteiger partial charge in [-0.15, -0.1) is 0 Å². The summed E-state index contributed by atoms with van der Waals surface area (Å²) in [5.41, 5.74) is 7.30. The second kappa shape index (κ2) is 13.1. The molecule has 4 aromatic rings. The van der Waals surface area contributed by atoms with Gasteiger partial charge in [0.1, 0.15) is 0 Å². The van der Waals surface area contributed by atoms with Crippen LogP contribution in [0.4, 0.5) is 0 Å². The standard InChI is InChI=1S/C14H15N.C12H11N.C2H6/c1-2-6-12-9-10-14(15-11-12)13-7-4-3-5-8-13;1-10-2-4-11(5-3-10)12-6-8-13-9-7-12;1-2/h3-5,7-11H,2,6H2,1H3;2-9H,1H3;1-2H3. The van der Waals surface area contributed by atoms with Crippen LogP contribution in [0.25, 0.3) is 22.4 Å². The van der Waals surface area contributed by atoms with Crippen LogP contribution in [0, 0.1) is 6.92 Å². The maximum atomic E-state index is 4.47. The lowest BCUT2D eigenvalue weighted by molar-refractivity contribution is 0.914. The minimum absolute atomic E-state index is 1.05. The summed E-state index contributed by atoms with van der Waals surface area (Å²) < 4.78 is 0. The summed E-state index contributed by atoms with van der Waals surface area (Å²) in [6.07, 6.45) is 7.89. The second-order valence-corrected chi connectivity index (χ2v) is 6.77. The number of nitrogens with zero attached hydrogens (tertiary/aromatic N) is 2. The lowest BCUT2D eigenvalue weighted by Crippen LogP contribution is -1.87. The number of aromatic nitrogens is 2. The molecule has 0 fully saturated rings. The lowest BCUT2D eigenvalue weighted by atomic mass is 10.1. The molecule has 0 saturated carbocycles. The van der Waals surface area contributed by atoms with E-state index in [1.807, 2.05) is 62.8 Å². The maximum Gasteiger partial charge on any atom is 0.0702 e. The Labute approximate surface area is 181 Å². The first-order chi connectivity index (χ1) is 14.8. The van der Waals surface area contributed by atoms with E-state index in [1.54, 1.807) is 0 Å². The van der Waals surface area contributed by atoms with Crippen LogP contribution in [0.1, 0.15) is 38.3 Å². The largest absolute Gasteiger partial charge is 0.265 e. The van der Waals surface area contributed by atoms with Crippen molar-refractivity contribution in [3.05, 3.63) is 109 Å². The third-order valence-electron chi connectivity index (χ3n) is 4.50. The zero-order valence-corrected chi connectivity index (χ0v) is 18.5. The maximum absolute atomic E-state index is 4.47. The Hall–Kier alpha value is -3.26. The molecule has 154 valence electrons. The molecule has 0 radical (unpaired) electrons. The van der Waals surface area contributed by atoms with Gasteiger partial charge in [-0.1, -0.05) is 93.4 Å². The fourth-order valence-electron chi connectivity index (χ4n) is 2.93. The Morgan fingerprint density at radius 1 is 0.667 bits per heavy atom. The average Bonchev–Trinajstić information content (AvgIpc) is 2.83. The number of aryl methyl sites for hydroxylation is 2. The molecule has 2 aromatic heterocycles. The quantitative estimate of drug-likeness (QED) is 0.352. The van der Waals surface area contributed by atoms with E-state index in [4.69, 9.17) is 0 Å². The van der Waals surface area contributed by atoms with Crippen LogP contribution in [-0.4, -0.2) is 9.97 Å². The average molecular weight is 397 g/mol. The third kappa shape index (κ3) is 7.29. The van der Waals surface area contributed by atoms with Gasteiger partial charge in [0.2, 0.25) is 0 Å². The van der Waals surface area contributed by atoms with Crippen LogP contribution in [0.5, 0.6) is 0 Å². The summed E-state index contributed by atoms with van der Waals surface area (Å²) in [5, 5.41) is 0. The van der Waals surface area contributed by atoms with Crippen LogP contribution in [0.2, 0.25) is 0 Å². The van der Waals surface area contributed by atoms with Crippen molar-refractivity contribution >= 4 is 0 Å². The van der Waals surface area contributed by atoms with Crippen molar-refractivity contribution in [2.75, 3.05) is 0 Å². The lowest BCUT2D eigenvalue weighted by Gasteiger charge is -2.02. The van der Waals surface area contributed by atoms with Gasteiger partial charge in [-0.2, -0.15) is 0 Å². The number of rotatable bonds is 4. The highest BCUT2D eigenvalue weighted by Crippen LogP contribution is 2.18. The van der Waals surface area contributed by atoms with Crippen LogP contribution in [-0.2, 0) is 6.42 Å². The summed E-state index contributed by atoms with van der Waals surface area (Å²) in [7, 11) is 0. The van der Waals surface area contributed by atoms with E-state index >= 15 is 0 Å². The SMILES string of the molecule is CC.CCCc1ccc(-c2ccccc2)nc1.Cc1ccc(-c2ccncc2)cc1. The summed E-state index contributed by atoms with van der Waals surface area (Å²) >= 11 is 0. The molecule has 0 spiro atoms. The molecule has 2 heterocycles. The minimum Gasteiger partial charge on any atom is -0.265 e. The van der Waals surface area contributed by atoms with Gasteiger partial charge < -0.3 is 0 Å². The monoisotopic (exact) mass is 396 g/mol. The minimum atomic E-state index is 1.05. The fraction of sp³-hybridized carbons (Fsp3) is 0.214. The molecule has 2 nitrogen and oxygen atoms in total. The molecule has 0 unspecified atom stereocenters. The molecule has 2 aromatic carbocycles. The summed E-state index contributed by atoms with van der Waals surface area (Å²) in [5.74, 6) is 0. The Morgan fingerprint density at radius 2 is 1.30 bits per heavy atom. The van der Waals surface area contributed by atoms with Crippen molar-refractivity contribution in [3.8, 4) is 22.4 Å². The van der Waals surface area contributed by atoms with Gasteiger partial charge in [-0.25, -0.2) is 0 Å². The van der Waals surface area contributed by atoms with Crippen molar-refractivity contribution in [1.29, 1.82) is 0 Å². The first-order valence-electron chi connectivity index (χ1n) is 10.7. The molecule has 0 amide bonds. The number of hydrogen-bond donors (Lipinski definition) is 0. The van der Waals surface area contributed by atoms with Gasteiger partial charge >= 0.3 is 0 Å². The first-order valence-corrected chi connectivity index (χ1v) is 10.7. The van der Waals surface area contributed by atoms with E-state index in [9.17, 15) is 0 Å². The molecule has 0 bridgehead atoms. The smallest absolute Gasteiger partial charge is 0.0702 e. The van der Waals surface area contributed by atoms with Crippen molar-refractivity contribution in [3.63, 3.8) is 0 Å². The number of benzene rings is 2. The van der Waals surface area contributed by atoms with Gasteiger partial charge in [0.15, 0.2) is 0 Å². The molecule has 0 saturated heterocycles. The molecule has 0 N–H and O–H groups in total. The highest BCUT2D eigenvalue weighted by atomic mass is 14.7. The van der Waals surface area contributed by atoms with Gasteiger partial charge in [-0.05, 0) is 48.2 Å². The van der Waals surface area contributed by atoms with E-state index in [0.29, 0.717) is 0 Å². The van der Waals surface area contributed by atoms with Gasteiger partial charge in [0.05, 0.1) is 5.69 Å². The molecule has 0 aliphatic heterocycles. The number of pyridine rings is 2. The number of hydrogen-bond acceptors (Lipinski definition) is 2. The molecule has 0 atom stereocenters. The first kappa shape index (κ1) is 23.0. The summed E-state index contributed by atoms with van der Waals surface area (Å²) in [4.78, 5) is 8.46. The highest BCUT2D eigenvalue weighted by molar-refractivity contribution is 5.62. The molecule has 4 rings (SSSR count). The zero-order valence-electron chi connectivity index (χ0n) is 18.5. The molecule has 0 aliphatic rings. The van der Waals surface area contributed by atoms with Crippen molar-refractivity contribution in [2.45, 2.75) is 40.5 Å². The predicted octanol–water partition coefficient (Wildman–Crippen LogP) is 7.78. The molecular formula is C28H32N2. The molecule has 2 heteroatoms. The topological polar surface area (TPSA) is 25.8 Å². The van der Waals surface area contributed by atoms with E-state index in [1.165, 1.54) is 34.2 Å². The van der Waals surface area contributed by atoms with E-state index in [2.05, 4.69) is 72.3 Å². The van der Waals surface area contributed by atoms with Crippen molar-refractivity contribution in [1.82, 2.24) is 9.97 Å². The molecule has 0 aliphatic carbocycles. The van der Waals surface area contributed by atoms with Crippen LogP contribution in [0.15, 0.2) is 97.5 Å². The molecular weight excluding hydrogens is 364 g/mol. The summed E-state index contributed by atoms with van der Waals surface area (Å²) in [6.45, 7) is 8.28. The van der Waals surface area contributed by atoms with Crippen molar-refractivity contribution in [2.24, 2.45) is 0 Å².